The normalized spacial score (nSPS) is 11.5. The van der Waals surface area contributed by atoms with Gasteiger partial charge in [0.05, 0.1) is 0 Å². The van der Waals surface area contributed by atoms with Crippen molar-refractivity contribution in [3.05, 3.63) is 0 Å². The molecule has 0 unspecified atom stereocenters. The molecular formula is C25H52. The molecule has 0 nitrogen and oxygen atoms in total. The summed E-state index contributed by atoms with van der Waals surface area (Å²) in [5.74, 6) is 1.04. The summed E-state index contributed by atoms with van der Waals surface area (Å²) in [5.41, 5.74) is 0. The zero-order valence-electron chi connectivity index (χ0n) is 18.4. The fourth-order valence-corrected chi connectivity index (χ4v) is 4.07. The van der Waals surface area contributed by atoms with Gasteiger partial charge >= 0.3 is 0 Å². The minimum absolute atomic E-state index is 1.04. The number of hydrogen-bond donors (Lipinski definition) is 0. The number of rotatable bonds is 21. The highest BCUT2D eigenvalue weighted by Gasteiger charge is 2.08. The fraction of sp³-hybridized carbons (Fsp3) is 1.00. The van der Waals surface area contributed by atoms with Gasteiger partial charge in [-0.2, -0.15) is 0 Å². The molecule has 0 heteroatoms. The molecule has 0 aromatic rings. The van der Waals surface area contributed by atoms with E-state index in [2.05, 4.69) is 20.8 Å². The van der Waals surface area contributed by atoms with Gasteiger partial charge < -0.3 is 0 Å². The molecule has 0 bridgehead atoms. The minimum Gasteiger partial charge on any atom is -0.0654 e. The molecule has 25 heavy (non-hydrogen) atoms. The first-order valence-corrected chi connectivity index (χ1v) is 12.3. The zero-order valence-corrected chi connectivity index (χ0v) is 18.4. The van der Waals surface area contributed by atoms with Crippen LogP contribution in [0.25, 0.3) is 0 Å². The summed E-state index contributed by atoms with van der Waals surface area (Å²) in [5, 5.41) is 0. The number of unbranched alkanes of at least 4 members (excludes halogenated alkanes) is 15. The van der Waals surface area contributed by atoms with Crippen molar-refractivity contribution in [1.29, 1.82) is 0 Å². The van der Waals surface area contributed by atoms with Crippen molar-refractivity contribution < 1.29 is 0 Å². The molecule has 0 saturated heterocycles. The Morgan fingerprint density at radius 3 is 0.840 bits per heavy atom. The van der Waals surface area contributed by atoms with Crippen LogP contribution in [-0.2, 0) is 0 Å². The summed E-state index contributed by atoms with van der Waals surface area (Å²) in [6, 6.07) is 0. The van der Waals surface area contributed by atoms with Crippen LogP contribution in [0.3, 0.4) is 0 Å². The van der Waals surface area contributed by atoms with Crippen molar-refractivity contribution in [3.8, 4) is 0 Å². The van der Waals surface area contributed by atoms with E-state index in [-0.39, 0.29) is 0 Å². The van der Waals surface area contributed by atoms with E-state index in [1.54, 1.807) is 0 Å². The monoisotopic (exact) mass is 352 g/mol. The van der Waals surface area contributed by atoms with E-state index < -0.39 is 0 Å². The maximum Gasteiger partial charge on any atom is -0.0414 e. The predicted molar refractivity (Wildman–Crippen MR) is 117 cm³/mol. The maximum atomic E-state index is 2.32. The highest BCUT2D eigenvalue weighted by atomic mass is 14.1. The Bertz CT molecular complexity index is 182. The van der Waals surface area contributed by atoms with Gasteiger partial charge in [0.25, 0.3) is 0 Å². The first-order valence-electron chi connectivity index (χ1n) is 12.3. The SMILES string of the molecule is CCCCCCCCC(CCCCCCCC)CCCCCCCC. The van der Waals surface area contributed by atoms with E-state index in [1.165, 1.54) is 135 Å². The Morgan fingerprint density at radius 1 is 0.320 bits per heavy atom. The van der Waals surface area contributed by atoms with Gasteiger partial charge in [-0.05, 0) is 5.92 Å². The Labute approximate surface area is 161 Å². The summed E-state index contributed by atoms with van der Waals surface area (Å²) < 4.78 is 0. The second-order valence-corrected chi connectivity index (χ2v) is 8.54. The number of hydrogen-bond acceptors (Lipinski definition) is 0. The van der Waals surface area contributed by atoms with E-state index in [9.17, 15) is 0 Å². The third kappa shape index (κ3) is 20.2. The largest absolute Gasteiger partial charge is 0.0654 e. The molecule has 0 amide bonds. The first kappa shape index (κ1) is 25.0. The van der Waals surface area contributed by atoms with Gasteiger partial charge in [0.15, 0.2) is 0 Å². The molecule has 0 spiro atoms. The first-order chi connectivity index (χ1) is 12.3. The van der Waals surface area contributed by atoms with Crippen LogP contribution in [0.1, 0.15) is 156 Å². The summed E-state index contributed by atoms with van der Waals surface area (Å²) >= 11 is 0. The van der Waals surface area contributed by atoms with Crippen LogP contribution < -0.4 is 0 Å². The Kier molecular flexibility index (Phi) is 22.0. The third-order valence-corrected chi connectivity index (χ3v) is 5.90. The van der Waals surface area contributed by atoms with E-state index in [1.807, 2.05) is 0 Å². The fourth-order valence-electron chi connectivity index (χ4n) is 4.07. The molecule has 0 atom stereocenters. The Hall–Kier alpha value is 0. The van der Waals surface area contributed by atoms with Crippen molar-refractivity contribution >= 4 is 0 Å². The molecule has 0 rings (SSSR count). The van der Waals surface area contributed by atoms with Gasteiger partial charge in [0, 0.05) is 0 Å². The van der Waals surface area contributed by atoms with E-state index in [0.29, 0.717) is 0 Å². The lowest BCUT2D eigenvalue weighted by atomic mass is 9.89. The molecule has 0 radical (unpaired) electrons. The summed E-state index contributed by atoms with van der Waals surface area (Å²) in [4.78, 5) is 0. The van der Waals surface area contributed by atoms with Crippen LogP contribution in [0.15, 0.2) is 0 Å². The third-order valence-electron chi connectivity index (χ3n) is 5.90. The molecule has 0 N–H and O–H groups in total. The van der Waals surface area contributed by atoms with Crippen LogP contribution in [0, 0.1) is 5.92 Å². The second-order valence-electron chi connectivity index (χ2n) is 8.54. The van der Waals surface area contributed by atoms with Crippen molar-refractivity contribution in [1.82, 2.24) is 0 Å². The van der Waals surface area contributed by atoms with Crippen molar-refractivity contribution in [3.63, 3.8) is 0 Å². The van der Waals surface area contributed by atoms with E-state index >= 15 is 0 Å². The van der Waals surface area contributed by atoms with E-state index in [0.717, 1.165) is 5.92 Å². The molecule has 0 aromatic carbocycles. The van der Waals surface area contributed by atoms with Crippen LogP contribution in [0.2, 0.25) is 0 Å². The topological polar surface area (TPSA) is 0 Å². The van der Waals surface area contributed by atoms with Gasteiger partial charge in [-0.15, -0.1) is 0 Å². The summed E-state index contributed by atoms with van der Waals surface area (Å²) in [6.45, 7) is 6.95. The Morgan fingerprint density at radius 2 is 0.560 bits per heavy atom. The summed E-state index contributed by atoms with van der Waals surface area (Å²) in [7, 11) is 0. The lowest BCUT2D eigenvalue weighted by Crippen LogP contribution is -2.01. The summed E-state index contributed by atoms with van der Waals surface area (Å²) in [6.07, 6.45) is 30.8. The van der Waals surface area contributed by atoms with Crippen LogP contribution in [0.5, 0.6) is 0 Å². The molecule has 0 fully saturated rings. The van der Waals surface area contributed by atoms with Crippen LogP contribution in [-0.4, -0.2) is 0 Å². The molecule has 0 aliphatic heterocycles. The second kappa shape index (κ2) is 22.0. The molecule has 0 heterocycles. The van der Waals surface area contributed by atoms with Gasteiger partial charge in [0.2, 0.25) is 0 Å². The zero-order chi connectivity index (χ0) is 18.4. The van der Waals surface area contributed by atoms with Gasteiger partial charge in [0.1, 0.15) is 0 Å². The highest BCUT2D eigenvalue weighted by molar-refractivity contribution is 4.62. The standard InChI is InChI=1S/C25H52/c1-4-7-10-13-16-19-22-25(23-20-17-14-11-8-5-2)24-21-18-15-12-9-6-3/h25H,4-24H2,1-3H3. The average molecular weight is 353 g/mol. The molecule has 152 valence electrons. The predicted octanol–water partition coefficient (Wildman–Crippen LogP) is 9.85. The maximum absolute atomic E-state index is 2.32. The Balaban J connectivity index is 3.76. The van der Waals surface area contributed by atoms with Crippen molar-refractivity contribution in [2.75, 3.05) is 0 Å². The van der Waals surface area contributed by atoms with Gasteiger partial charge in [-0.1, -0.05) is 156 Å². The van der Waals surface area contributed by atoms with Crippen LogP contribution >= 0.6 is 0 Å². The molecule has 0 aliphatic rings. The lowest BCUT2D eigenvalue weighted by Gasteiger charge is -2.17. The van der Waals surface area contributed by atoms with Crippen molar-refractivity contribution in [2.24, 2.45) is 5.92 Å². The average Bonchev–Trinajstić information content (AvgIpc) is 2.63. The minimum atomic E-state index is 1.04. The smallest absolute Gasteiger partial charge is 0.0414 e. The molecule has 0 aromatic heterocycles. The molecular weight excluding hydrogens is 300 g/mol. The highest BCUT2D eigenvalue weighted by Crippen LogP contribution is 2.24. The molecule has 0 saturated carbocycles. The lowest BCUT2D eigenvalue weighted by molar-refractivity contribution is 0.365. The quantitative estimate of drug-likeness (QED) is 0.180. The van der Waals surface area contributed by atoms with E-state index in [4.69, 9.17) is 0 Å². The molecule has 0 aliphatic carbocycles. The van der Waals surface area contributed by atoms with Gasteiger partial charge in [-0.3, -0.25) is 0 Å². The van der Waals surface area contributed by atoms with Crippen LogP contribution in [0.4, 0.5) is 0 Å². The van der Waals surface area contributed by atoms with Crippen molar-refractivity contribution in [2.45, 2.75) is 156 Å². The van der Waals surface area contributed by atoms with Gasteiger partial charge in [-0.25, -0.2) is 0 Å².